The van der Waals surface area contributed by atoms with Gasteiger partial charge in [0.15, 0.2) is 0 Å². The van der Waals surface area contributed by atoms with Crippen molar-refractivity contribution in [2.24, 2.45) is 5.92 Å². The molecule has 4 nitrogen and oxygen atoms in total. The third-order valence-electron chi connectivity index (χ3n) is 2.57. The molecule has 1 aliphatic carbocycles. The van der Waals surface area contributed by atoms with E-state index >= 15 is 0 Å². The number of aromatic nitrogens is 2. The van der Waals surface area contributed by atoms with Crippen LogP contribution in [0.15, 0.2) is 12.1 Å². The monoisotopic (exact) mass is 253 g/mol. The minimum atomic E-state index is 0.0300. The largest absolute Gasteiger partial charge is 0.323 e. The molecule has 1 aromatic carbocycles. The van der Waals surface area contributed by atoms with Crippen molar-refractivity contribution >= 4 is 46.0 Å². The summed E-state index contributed by atoms with van der Waals surface area (Å²) < 4.78 is 8.25. The lowest BCUT2D eigenvalue weighted by atomic mass is 10.2. The summed E-state index contributed by atoms with van der Waals surface area (Å²) in [5.74, 6) is 0.181. The number of amides is 1. The van der Waals surface area contributed by atoms with Crippen molar-refractivity contribution in [3.8, 4) is 0 Å². The molecule has 6 heteroatoms. The summed E-state index contributed by atoms with van der Waals surface area (Å²) in [6, 6.07) is 3.53. The number of rotatable bonds is 2. The van der Waals surface area contributed by atoms with Gasteiger partial charge in [-0.2, -0.15) is 8.75 Å². The second kappa shape index (κ2) is 3.68. The number of hydrogen-bond acceptors (Lipinski definition) is 4. The van der Waals surface area contributed by atoms with Gasteiger partial charge in [-0.1, -0.05) is 11.6 Å². The fraction of sp³-hybridized carbons (Fsp3) is 0.300. The Bertz CT molecular complexity index is 564. The molecular formula is C10H8ClN3OS. The summed E-state index contributed by atoms with van der Waals surface area (Å²) >= 11 is 7.17. The zero-order valence-corrected chi connectivity index (χ0v) is 9.81. The summed E-state index contributed by atoms with van der Waals surface area (Å²) in [6.07, 6.45) is 1.93. The molecular weight excluding hydrogens is 246 g/mol. The minimum Gasteiger partial charge on any atom is -0.323 e. The summed E-state index contributed by atoms with van der Waals surface area (Å²) in [6.45, 7) is 0. The van der Waals surface area contributed by atoms with Crippen LogP contribution in [0.1, 0.15) is 12.8 Å². The van der Waals surface area contributed by atoms with Crippen molar-refractivity contribution in [1.29, 1.82) is 0 Å². The maximum Gasteiger partial charge on any atom is 0.227 e. The van der Waals surface area contributed by atoms with Crippen molar-refractivity contribution in [3.63, 3.8) is 0 Å². The molecule has 0 spiro atoms. The number of fused-ring (bicyclic) bond motifs is 1. The minimum absolute atomic E-state index is 0.0300. The number of anilines is 1. The van der Waals surface area contributed by atoms with Crippen LogP contribution in [0.25, 0.3) is 11.0 Å². The Morgan fingerprint density at radius 1 is 1.44 bits per heavy atom. The van der Waals surface area contributed by atoms with Crippen molar-refractivity contribution in [1.82, 2.24) is 8.75 Å². The maximum absolute atomic E-state index is 11.7. The van der Waals surface area contributed by atoms with Gasteiger partial charge >= 0.3 is 0 Å². The Balaban J connectivity index is 2.02. The standard InChI is InChI=1S/C10H8ClN3OS/c11-6-3-4-7-9(14-16-13-7)8(6)12-10(15)5-1-2-5/h3-5H,1-2H2,(H,12,15). The molecule has 82 valence electrons. The van der Waals surface area contributed by atoms with E-state index in [0.717, 1.165) is 30.1 Å². The molecule has 3 rings (SSSR count). The second-order valence-corrected chi connectivity index (χ2v) is 4.75. The molecule has 16 heavy (non-hydrogen) atoms. The smallest absolute Gasteiger partial charge is 0.227 e. The number of nitrogens with zero attached hydrogens (tertiary/aromatic N) is 2. The Morgan fingerprint density at radius 2 is 2.25 bits per heavy atom. The van der Waals surface area contributed by atoms with Crippen LogP contribution in [0.4, 0.5) is 5.69 Å². The summed E-state index contributed by atoms with van der Waals surface area (Å²) in [5.41, 5.74) is 2.02. The Labute approximate surface area is 101 Å². The van der Waals surface area contributed by atoms with Crippen LogP contribution >= 0.6 is 23.3 Å². The predicted molar refractivity (Wildman–Crippen MR) is 63.8 cm³/mol. The van der Waals surface area contributed by atoms with E-state index in [1.807, 2.05) is 0 Å². The Hall–Kier alpha value is -1.20. The molecule has 0 aliphatic heterocycles. The fourth-order valence-corrected chi connectivity index (χ4v) is 2.26. The molecule has 0 radical (unpaired) electrons. The fourth-order valence-electron chi connectivity index (χ4n) is 1.52. The van der Waals surface area contributed by atoms with Gasteiger partial charge in [-0.3, -0.25) is 4.79 Å². The van der Waals surface area contributed by atoms with Crippen LogP contribution in [-0.2, 0) is 4.79 Å². The number of carbonyl (C=O) groups is 1. The van der Waals surface area contributed by atoms with Crippen LogP contribution in [-0.4, -0.2) is 14.7 Å². The van der Waals surface area contributed by atoms with Crippen molar-refractivity contribution in [3.05, 3.63) is 17.2 Å². The molecule has 0 bridgehead atoms. The van der Waals surface area contributed by atoms with Gasteiger partial charge in [-0.15, -0.1) is 0 Å². The molecule has 0 saturated heterocycles. The lowest BCUT2D eigenvalue weighted by molar-refractivity contribution is -0.117. The Morgan fingerprint density at radius 3 is 3.00 bits per heavy atom. The average Bonchev–Trinajstić information content (AvgIpc) is 3.01. The van der Waals surface area contributed by atoms with E-state index in [9.17, 15) is 4.79 Å². The molecule has 0 atom stereocenters. The highest BCUT2D eigenvalue weighted by atomic mass is 35.5. The second-order valence-electron chi connectivity index (χ2n) is 3.82. The molecule has 1 N–H and O–H groups in total. The van der Waals surface area contributed by atoms with Crippen LogP contribution in [0.5, 0.6) is 0 Å². The van der Waals surface area contributed by atoms with Gasteiger partial charge in [0, 0.05) is 5.92 Å². The number of nitrogens with one attached hydrogen (secondary N) is 1. The van der Waals surface area contributed by atoms with Crippen LogP contribution in [0, 0.1) is 5.92 Å². The lowest BCUT2D eigenvalue weighted by Crippen LogP contribution is -2.13. The SMILES string of the molecule is O=C(Nc1c(Cl)ccc2nsnc12)C1CC1. The first-order valence-corrected chi connectivity index (χ1v) is 6.08. The molecule has 1 heterocycles. The lowest BCUT2D eigenvalue weighted by Gasteiger charge is -2.06. The van der Waals surface area contributed by atoms with Gasteiger partial charge in [-0.25, -0.2) is 0 Å². The van der Waals surface area contributed by atoms with Crippen LogP contribution in [0.3, 0.4) is 0 Å². The van der Waals surface area contributed by atoms with E-state index in [0.29, 0.717) is 16.2 Å². The topological polar surface area (TPSA) is 54.9 Å². The number of hydrogen-bond donors (Lipinski definition) is 1. The van der Waals surface area contributed by atoms with E-state index in [2.05, 4.69) is 14.1 Å². The first-order valence-electron chi connectivity index (χ1n) is 4.97. The zero-order valence-electron chi connectivity index (χ0n) is 8.24. The van der Waals surface area contributed by atoms with E-state index in [1.165, 1.54) is 0 Å². The van der Waals surface area contributed by atoms with E-state index in [4.69, 9.17) is 11.6 Å². The maximum atomic E-state index is 11.7. The molecule has 1 aliphatic rings. The number of carbonyl (C=O) groups excluding carboxylic acids is 1. The average molecular weight is 254 g/mol. The van der Waals surface area contributed by atoms with Crippen LogP contribution < -0.4 is 5.32 Å². The molecule has 0 unspecified atom stereocenters. The molecule has 1 saturated carbocycles. The highest BCUT2D eigenvalue weighted by Gasteiger charge is 2.30. The predicted octanol–water partition coefficient (Wildman–Crippen LogP) is 2.69. The van der Waals surface area contributed by atoms with Gasteiger partial charge in [0.2, 0.25) is 5.91 Å². The van der Waals surface area contributed by atoms with Crippen LogP contribution in [0.2, 0.25) is 5.02 Å². The van der Waals surface area contributed by atoms with Crippen molar-refractivity contribution in [2.45, 2.75) is 12.8 Å². The van der Waals surface area contributed by atoms with Gasteiger partial charge in [-0.05, 0) is 25.0 Å². The van der Waals surface area contributed by atoms with Gasteiger partial charge in [0.05, 0.1) is 22.4 Å². The molecule has 1 aromatic heterocycles. The van der Waals surface area contributed by atoms with Crippen molar-refractivity contribution < 1.29 is 4.79 Å². The van der Waals surface area contributed by atoms with Gasteiger partial charge < -0.3 is 5.32 Å². The summed E-state index contributed by atoms with van der Waals surface area (Å²) in [5, 5.41) is 3.34. The third-order valence-corrected chi connectivity index (χ3v) is 3.43. The van der Waals surface area contributed by atoms with E-state index in [1.54, 1.807) is 12.1 Å². The number of halogens is 1. The number of benzene rings is 1. The van der Waals surface area contributed by atoms with E-state index in [-0.39, 0.29) is 11.8 Å². The summed E-state index contributed by atoms with van der Waals surface area (Å²) in [4.78, 5) is 11.7. The first kappa shape index (κ1) is 9.99. The first-order chi connectivity index (χ1) is 7.75. The summed E-state index contributed by atoms with van der Waals surface area (Å²) in [7, 11) is 0. The van der Waals surface area contributed by atoms with E-state index < -0.39 is 0 Å². The van der Waals surface area contributed by atoms with Gasteiger partial charge in [0.1, 0.15) is 11.0 Å². The molecule has 1 amide bonds. The quantitative estimate of drug-likeness (QED) is 0.895. The third kappa shape index (κ3) is 1.66. The molecule has 1 fully saturated rings. The van der Waals surface area contributed by atoms with Gasteiger partial charge in [0.25, 0.3) is 0 Å². The highest BCUT2D eigenvalue weighted by Crippen LogP contribution is 2.34. The highest BCUT2D eigenvalue weighted by molar-refractivity contribution is 7.00. The zero-order chi connectivity index (χ0) is 11.1. The normalized spacial score (nSPS) is 15.3. The molecule has 2 aromatic rings. The van der Waals surface area contributed by atoms with Crippen molar-refractivity contribution in [2.75, 3.05) is 5.32 Å². The Kier molecular flexibility index (Phi) is 2.29.